The molecule has 0 heterocycles. The third-order valence-electron chi connectivity index (χ3n) is 3.10. The SMILES string of the molecule is C[C@H](NS(=O)(=O)c1cccc([N+](=O)[O-])c1)c1ccc(Cl)cc1Cl. The summed E-state index contributed by atoms with van der Waals surface area (Å²) in [6.45, 7) is 1.62. The predicted octanol–water partition coefficient (Wildman–Crippen LogP) is 3.94. The molecule has 2 rings (SSSR count). The summed E-state index contributed by atoms with van der Waals surface area (Å²) in [7, 11) is -3.94. The zero-order valence-corrected chi connectivity index (χ0v) is 14.2. The lowest BCUT2D eigenvalue weighted by Gasteiger charge is -2.16. The maximum Gasteiger partial charge on any atom is 0.270 e. The molecule has 2 aromatic carbocycles. The van der Waals surface area contributed by atoms with E-state index in [4.69, 9.17) is 23.2 Å². The Morgan fingerprint density at radius 2 is 1.87 bits per heavy atom. The van der Waals surface area contributed by atoms with Crippen LogP contribution < -0.4 is 4.72 Å². The van der Waals surface area contributed by atoms with Crippen LogP contribution in [0.5, 0.6) is 0 Å². The van der Waals surface area contributed by atoms with E-state index >= 15 is 0 Å². The molecule has 1 atom stereocenters. The van der Waals surface area contributed by atoms with Crippen LogP contribution in [-0.2, 0) is 10.0 Å². The smallest absolute Gasteiger partial charge is 0.258 e. The number of nitrogens with one attached hydrogen (secondary N) is 1. The standard InChI is InChI=1S/C14H12Cl2N2O4S/c1-9(13-6-5-10(15)7-14(13)16)17-23(21,22)12-4-2-3-11(8-12)18(19)20/h2-9,17H,1H3/t9-/m0/s1. The van der Waals surface area contributed by atoms with Crippen molar-refractivity contribution in [2.24, 2.45) is 0 Å². The fourth-order valence-corrected chi connectivity index (χ4v) is 3.82. The summed E-state index contributed by atoms with van der Waals surface area (Å²) in [5.74, 6) is 0. The third kappa shape index (κ3) is 4.20. The molecule has 0 radical (unpaired) electrons. The van der Waals surface area contributed by atoms with Crippen LogP contribution in [0.3, 0.4) is 0 Å². The molecule has 0 aliphatic heterocycles. The summed E-state index contributed by atoms with van der Waals surface area (Å²) < 4.78 is 27.2. The number of non-ortho nitro benzene ring substituents is 1. The van der Waals surface area contributed by atoms with Gasteiger partial charge in [0.2, 0.25) is 10.0 Å². The van der Waals surface area contributed by atoms with E-state index in [-0.39, 0.29) is 10.6 Å². The minimum atomic E-state index is -3.94. The molecule has 9 heteroatoms. The highest BCUT2D eigenvalue weighted by atomic mass is 35.5. The van der Waals surface area contributed by atoms with Crippen molar-refractivity contribution in [1.82, 2.24) is 4.72 Å². The third-order valence-corrected chi connectivity index (χ3v) is 5.20. The van der Waals surface area contributed by atoms with Crippen LogP contribution in [0.2, 0.25) is 10.0 Å². The molecule has 0 unspecified atom stereocenters. The van der Waals surface area contributed by atoms with Crippen LogP contribution in [0, 0.1) is 10.1 Å². The molecule has 0 saturated heterocycles. The lowest BCUT2D eigenvalue weighted by atomic mass is 10.1. The second-order valence-electron chi connectivity index (χ2n) is 4.76. The quantitative estimate of drug-likeness (QED) is 0.633. The zero-order chi connectivity index (χ0) is 17.2. The minimum absolute atomic E-state index is 0.191. The van der Waals surface area contributed by atoms with E-state index < -0.39 is 21.0 Å². The highest BCUT2D eigenvalue weighted by Gasteiger charge is 2.21. The van der Waals surface area contributed by atoms with Gasteiger partial charge in [-0.1, -0.05) is 35.3 Å². The van der Waals surface area contributed by atoms with E-state index in [0.29, 0.717) is 15.6 Å². The number of benzene rings is 2. The van der Waals surface area contributed by atoms with E-state index in [1.807, 2.05) is 0 Å². The van der Waals surface area contributed by atoms with Gasteiger partial charge >= 0.3 is 0 Å². The molecule has 2 aromatic rings. The molecule has 1 N–H and O–H groups in total. The van der Waals surface area contributed by atoms with Crippen LogP contribution in [0.15, 0.2) is 47.4 Å². The number of sulfonamides is 1. The van der Waals surface area contributed by atoms with Crippen molar-refractivity contribution in [2.75, 3.05) is 0 Å². The Balaban J connectivity index is 2.30. The van der Waals surface area contributed by atoms with Crippen LogP contribution in [0.25, 0.3) is 0 Å². The number of hydrogen-bond donors (Lipinski definition) is 1. The van der Waals surface area contributed by atoms with Crippen LogP contribution in [0.1, 0.15) is 18.5 Å². The van der Waals surface area contributed by atoms with Crippen LogP contribution in [0.4, 0.5) is 5.69 Å². The maximum absolute atomic E-state index is 12.4. The first-order chi connectivity index (χ1) is 10.7. The van der Waals surface area contributed by atoms with Crippen molar-refractivity contribution in [3.05, 3.63) is 68.2 Å². The van der Waals surface area contributed by atoms with E-state index in [1.165, 1.54) is 24.3 Å². The number of nitro benzene ring substituents is 1. The van der Waals surface area contributed by atoms with Gasteiger partial charge in [0.1, 0.15) is 0 Å². The number of halogens is 2. The van der Waals surface area contributed by atoms with Gasteiger partial charge in [-0.15, -0.1) is 0 Å². The van der Waals surface area contributed by atoms with Gasteiger partial charge in [-0.05, 0) is 30.7 Å². The first-order valence-corrected chi connectivity index (χ1v) is 8.66. The molecular formula is C14H12Cl2N2O4S. The molecule has 0 fully saturated rings. The lowest BCUT2D eigenvalue weighted by Crippen LogP contribution is -2.27. The summed E-state index contributed by atoms with van der Waals surface area (Å²) in [5.41, 5.74) is 0.245. The zero-order valence-electron chi connectivity index (χ0n) is 11.9. The molecule has 6 nitrogen and oxygen atoms in total. The van der Waals surface area contributed by atoms with Crippen LogP contribution >= 0.6 is 23.2 Å². The van der Waals surface area contributed by atoms with Crippen molar-refractivity contribution in [2.45, 2.75) is 17.9 Å². The molecule has 0 spiro atoms. The molecular weight excluding hydrogens is 363 g/mol. The average molecular weight is 375 g/mol. The highest BCUT2D eigenvalue weighted by Crippen LogP contribution is 2.27. The molecule has 0 aliphatic carbocycles. The normalized spacial score (nSPS) is 12.8. The van der Waals surface area contributed by atoms with Crippen LogP contribution in [-0.4, -0.2) is 13.3 Å². The lowest BCUT2D eigenvalue weighted by molar-refractivity contribution is -0.385. The summed E-state index contributed by atoms with van der Waals surface area (Å²) in [5, 5.41) is 11.5. The fraction of sp³-hybridized carbons (Fsp3) is 0.143. The largest absolute Gasteiger partial charge is 0.270 e. The molecule has 0 amide bonds. The maximum atomic E-state index is 12.4. The summed E-state index contributed by atoms with van der Waals surface area (Å²) >= 11 is 11.9. The van der Waals surface area contributed by atoms with E-state index in [1.54, 1.807) is 19.1 Å². The topological polar surface area (TPSA) is 89.3 Å². The van der Waals surface area contributed by atoms with Crippen molar-refractivity contribution in [1.29, 1.82) is 0 Å². The first kappa shape index (κ1) is 17.7. The molecule has 23 heavy (non-hydrogen) atoms. The van der Waals surface area contributed by atoms with Gasteiger partial charge in [-0.2, -0.15) is 0 Å². The Bertz CT molecular complexity index is 856. The minimum Gasteiger partial charge on any atom is -0.258 e. The Morgan fingerprint density at radius 1 is 1.17 bits per heavy atom. The number of hydrogen-bond acceptors (Lipinski definition) is 4. The second-order valence-corrected chi connectivity index (χ2v) is 7.32. The summed E-state index contributed by atoms with van der Waals surface area (Å²) in [4.78, 5) is 9.92. The molecule has 0 aliphatic rings. The van der Waals surface area contributed by atoms with Crippen molar-refractivity contribution in [3.63, 3.8) is 0 Å². The molecule has 0 aromatic heterocycles. The Morgan fingerprint density at radius 3 is 2.48 bits per heavy atom. The molecule has 0 saturated carbocycles. The average Bonchev–Trinajstić information content (AvgIpc) is 2.46. The fourth-order valence-electron chi connectivity index (χ4n) is 1.98. The monoisotopic (exact) mass is 374 g/mol. The second kappa shape index (κ2) is 6.84. The number of nitro groups is 1. The van der Waals surface area contributed by atoms with E-state index in [0.717, 1.165) is 6.07 Å². The summed E-state index contributed by atoms with van der Waals surface area (Å²) in [6, 6.07) is 8.90. The Labute approximate surface area is 143 Å². The van der Waals surface area contributed by atoms with Crippen molar-refractivity contribution >= 4 is 38.9 Å². The Kier molecular flexibility index (Phi) is 5.26. The van der Waals surface area contributed by atoms with E-state index in [2.05, 4.69) is 4.72 Å². The van der Waals surface area contributed by atoms with Gasteiger partial charge in [0.05, 0.1) is 9.82 Å². The summed E-state index contributed by atoms with van der Waals surface area (Å²) in [6.07, 6.45) is 0. The van der Waals surface area contributed by atoms with Gasteiger partial charge in [-0.3, -0.25) is 10.1 Å². The van der Waals surface area contributed by atoms with Gasteiger partial charge in [-0.25, -0.2) is 13.1 Å². The predicted molar refractivity (Wildman–Crippen MR) is 88.3 cm³/mol. The first-order valence-electron chi connectivity index (χ1n) is 6.42. The van der Waals surface area contributed by atoms with E-state index in [9.17, 15) is 18.5 Å². The van der Waals surface area contributed by atoms with Gasteiger partial charge in [0.15, 0.2) is 0 Å². The van der Waals surface area contributed by atoms with Gasteiger partial charge in [0, 0.05) is 28.2 Å². The van der Waals surface area contributed by atoms with Gasteiger partial charge < -0.3 is 0 Å². The number of nitrogens with zero attached hydrogens (tertiary/aromatic N) is 1. The number of rotatable bonds is 5. The Hall–Kier alpha value is -1.67. The highest BCUT2D eigenvalue weighted by molar-refractivity contribution is 7.89. The van der Waals surface area contributed by atoms with Crippen molar-refractivity contribution in [3.8, 4) is 0 Å². The van der Waals surface area contributed by atoms with Gasteiger partial charge in [0.25, 0.3) is 5.69 Å². The molecule has 122 valence electrons. The van der Waals surface area contributed by atoms with Crippen molar-refractivity contribution < 1.29 is 13.3 Å². The molecule has 0 bridgehead atoms.